The smallest absolute Gasteiger partial charge is 0.240 e. The molecule has 0 aliphatic carbocycles. The Hall–Kier alpha value is -2.63. The van der Waals surface area contributed by atoms with E-state index in [2.05, 4.69) is 4.72 Å². The Morgan fingerprint density at radius 2 is 1.68 bits per heavy atom. The van der Waals surface area contributed by atoms with Crippen LogP contribution in [0.2, 0.25) is 0 Å². The van der Waals surface area contributed by atoms with Crippen molar-refractivity contribution in [1.82, 2.24) is 9.29 Å². The summed E-state index contributed by atoms with van der Waals surface area (Å²) >= 11 is 0. The summed E-state index contributed by atoms with van der Waals surface area (Å²) in [6, 6.07) is 20.9. The molecule has 0 spiro atoms. The highest BCUT2D eigenvalue weighted by Crippen LogP contribution is 2.20. The number of rotatable bonds is 4. The van der Waals surface area contributed by atoms with Gasteiger partial charge in [0.05, 0.1) is 4.90 Å². The van der Waals surface area contributed by atoms with Crippen LogP contribution in [0.25, 0.3) is 21.7 Å². The van der Waals surface area contributed by atoms with Crippen LogP contribution in [0.1, 0.15) is 5.56 Å². The predicted molar refractivity (Wildman–Crippen MR) is 101 cm³/mol. The molecule has 1 aromatic heterocycles. The largest absolute Gasteiger partial charge is 0.351 e. The van der Waals surface area contributed by atoms with Crippen molar-refractivity contribution in [1.29, 1.82) is 0 Å². The first-order valence-corrected chi connectivity index (χ1v) is 9.54. The van der Waals surface area contributed by atoms with Crippen molar-refractivity contribution in [2.24, 2.45) is 7.05 Å². The molecule has 0 saturated heterocycles. The van der Waals surface area contributed by atoms with Crippen molar-refractivity contribution in [3.8, 4) is 0 Å². The van der Waals surface area contributed by atoms with Gasteiger partial charge in [-0.25, -0.2) is 13.1 Å². The van der Waals surface area contributed by atoms with E-state index in [9.17, 15) is 8.42 Å². The first kappa shape index (κ1) is 15.9. The van der Waals surface area contributed by atoms with Gasteiger partial charge in [-0.05, 0) is 52.1 Å². The van der Waals surface area contributed by atoms with Gasteiger partial charge in [0, 0.05) is 25.3 Å². The minimum Gasteiger partial charge on any atom is -0.351 e. The van der Waals surface area contributed by atoms with Crippen LogP contribution in [-0.4, -0.2) is 13.0 Å². The Labute approximate surface area is 146 Å². The summed E-state index contributed by atoms with van der Waals surface area (Å²) in [7, 11) is -1.56. The number of benzene rings is 3. The van der Waals surface area contributed by atoms with Crippen LogP contribution in [0, 0.1) is 0 Å². The summed E-state index contributed by atoms with van der Waals surface area (Å²) in [5.41, 5.74) is 2.06. The average molecular weight is 350 g/mol. The fourth-order valence-corrected chi connectivity index (χ4v) is 4.09. The molecule has 4 rings (SSSR count). The highest BCUT2D eigenvalue weighted by atomic mass is 32.2. The van der Waals surface area contributed by atoms with Crippen LogP contribution in [-0.2, 0) is 23.6 Å². The fraction of sp³-hybridized carbons (Fsp3) is 0.100. The van der Waals surface area contributed by atoms with Crippen molar-refractivity contribution in [3.05, 3.63) is 78.5 Å². The summed E-state index contributed by atoms with van der Waals surface area (Å²) in [6.45, 7) is 0.264. The van der Waals surface area contributed by atoms with Crippen molar-refractivity contribution < 1.29 is 8.42 Å². The number of aromatic nitrogens is 1. The number of sulfonamides is 1. The Balaban J connectivity index is 1.58. The maximum Gasteiger partial charge on any atom is 0.240 e. The van der Waals surface area contributed by atoms with Crippen molar-refractivity contribution in [2.45, 2.75) is 11.4 Å². The summed E-state index contributed by atoms with van der Waals surface area (Å²) < 4.78 is 29.9. The molecule has 0 fully saturated rings. The Kier molecular flexibility index (Phi) is 3.82. The summed E-state index contributed by atoms with van der Waals surface area (Å²) in [6.07, 6.45) is 1.99. The summed E-state index contributed by atoms with van der Waals surface area (Å²) in [5.74, 6) is 0. The van der Waals surface area contributed by atoms with Crippen molar-refractivity contribution in [2.75, 3.05) is 0 Å². The van der Waals surface area contributed by atoms with E-state index in [-0.39, 0.29) is 11.4 Å². The third-order valence-corrected chi connectivity index (χ3v) is 5.85. The zero-order valence-corrected chi connectivity index (χ0v) is 14.6. The molecule has 1 heterocycles. The van der Waals surface area contributed by atoms with E-state index in [1.54, 1.807) is 12.1 Å². The van der Waals surface area contributed by atoms with Crippen molar-refractivity contribution in [3.63, 3.8) is 0 Å². The third-order valence-electron chi connectivity index (χ3n) is 4.45. The van der Waals surface area contributed by atoms with Gasteiger partial charge in [-0.1, -0.05) is 36.4 Å². The molecule has 0 aliphatic heterocycles. The molecule has 0 radical (unpaired) electrons. The molecule has 0 bridgehead atoms. The number of aryl methyl sites for hydroxylation is 1. The number of fused-ring (bicyclic) bond motifs is 2. The molecule has 4 nitrogen and oxygen atoms in total. The lowest BCUT2D eigenvalue weighted by molar-refractivity contribution is 0.581. The van der Waals surface area contributed by atoms with E-state index in [1.807, 2.05) is 72.4 Å². The minimum absolute atomic E-state index is 0.264. The van der Waals surface area contributed by atoms with Crippen molar-refractivity contribution >= 4 is 31.7 Å². The molecule has 3 aromatic carbocycles. The van der Waals surface area contributed by atoms with Gasteiger partial charge < -0.3 is 4.57 Å². The topological polar surface area (TPSA) is 51.1 Å². The lowest BCUT2D eigenvalue weighted by atomic mass is 10.1. The number of nitrogens with one attached hydrogen (secondary N) is 1. The maximum atomic E-state index is 12.6. The van der Waals surface area contributed by atoms with Gasteiger partial charge in [-0.15, -0.1) is 0 Å². The molecule has 4 aromatic rings. The second kappa shape index (κ2) is 6.02. The van der Waals surface area contributed by atoms with E-state index < -0.39 is 10.0 Å². The predicted octanol–water partition coefficient (Wildman–Crippen LogP) is 3.81. The van der Waals surface area contributed by atoms with Crippen LogP contribution < -0.4 is 4.72 Å². The van der Waals surface area contributed by atoms with Gasteiger partial charge in [-0.3, -0.25) is 0 Å². The van der Waals surface area contributed by atoms with E-state index in [0.29, 0.717) is 0 Å². The minimum atomic E-state index is -3.55. The Bertz CT molecular complexity index is 1180. The molecule has 0 amide bonds. The Morgan fingerprint density at radius 1 is 0.880 bits per heavy atom. The standard InChI is InChI=1S/C20H18N2O2S/c1-22-11-10-18-12-15(6-9-20(18)22)14-21-25(23,24)19-8-7-16-4-2-3-5-17(16)13-19/h2-13,21H,14H2,1H3. The molecule has 0 unspecified atom stereocenters. The molecular weight excluding hydrogens is 332 g/mol. The quantitative estimate of drug-likeness (QED) is 0.608. The van der Waals surface area contributed by atoms with Gasteiger partial charge in [-0.2, -0.15) is 0 Å². The zero-order chi connectivity index (χ0) is 17.4. The molecule has 0 aliphatic rings. The lowest BCUT2D eigenvalue weighted by Crippen LogP contribution is -2.23. The van der Waals surface area contributed by atoms with Gasteiger partial charge in [0.15, 0.2) is 0 Å². The van der Waals surface area contributed by atoms with Gasteiger partial charge in [0.1, 0.15) is 0 Å². The average Bonchev–Trinajstić information content (AvgIpc) is 3.00. The second-order valence-electron chi connectivity index (χ2n) is 6.15. The second-order valence-corrected chi connectivity index (χ2v) is 7.92. The molecule has 126 valence electrons. The number of nitrogens with zero attached hydrogens (tertiary/aromatic N) is 1. The molecule has 5 heteroatoms. The first-order chi connectivity index (χ1) is 12.0. The SMILES string of the molecule is Cn1ccc2cc(CNS(=O)(=O)c3ccc4ccccc4c3)ccc21. The van der Waals surface area contributed by atoms with Crippen LogP contribution in [0.15, 0.2) is 77.8 Å². The van der Waals surface area contributed by atoms with E-state index in [4.69, 9.17) is 0 Å². The van der Waals surface area contributed by atoms with Gasteiger partial charge in [0.2, 0.25) is 10.0 Å². The number of hydrogen-bond acceptors (Lipinski definition) is 2. The first-order valence-electron chi connectivity index (χ1n) is 8.05. The van der Waals surface area contributed by atoms with E-state index in [0.717, 1.165) is 27.2 Å². The monoisotopic (exact) mass is 350 g/mol. The number of hydrogen-bond donors (Lipinski definition) is 1. The molecule has 1 N–H and O–H groups in total. The van der Waals surface area contributed by atoms with Gasteiger partial charge >= 0.3 is 0 Å². The van der Waals surface area contributed by atoms with E-state index in [1.165, 1.54) is 0 Å². The summed E-state index contributed by atoms with van der Waals surface area (Å²) in [4.78, 5) is 0.284. The molecule has 25 heavy (non-hydrogen) atoms. The van der Waals surface area contributed by atoms with Crippen LogP contribution in [0.3, 0.4) is 0 Å². The molecule has 0 atom stereocenters. The van der Waals surface area contributed by atoms with Crippen LogP contribution in [0.4, 0.5) is 0 Å². The van der Waals surface area contributed by atoms with Crippen LogP contribution in [0.5, 0.6) is 0 Å². The maximum absolute atomic E-state index is 12.6. The zero-order valence-electron chi connectivity index (χ0n) is 13.8. The molecular formula is C20H18N2O2S. The fourth-order valence-electron chi connectivity index (χ4n) is 3.04. The summed E-state index contributed by atoms with van der Waals surface area (Å²) in [5, 5.41) is 3.04. The third kappa shape index (κ3) is 3.04. The van der Waals surface area contributed by atoms with Gasteiger partial charge in [0.25, 0.3) is 0 Å². The molecule has 0 saturated carbocycles. The Morgan fingerprint density at radius 3 is 2.52 bits per heavy atom. The highest BCUT2D eigenvalue weighted by molar-refractivity contribution is 7.89. The van der Waals surface area contributed by atoms with Crippen LogP contribution >= 0.6 is 0 Å². The normalized spacial score (nSPS) is 12.0. The van der Waals surface area contributed by atoms with E-state index >= 15 is 0 Å². The highest BCUT2D eigenvalue weighted by Gasteiger charge is 2.14. The lowest BCUT2D eigenvalue weighted by Gasteiger charge is -2.08.